The number of carboxylic acids is 1. The first-order chi connectivity index (χ1) is 14.5. The molecule has 0 saturated carbocycles. The van der Waals surface area contributed by atoms with E-state index in [0.717, 1.165) is 43.7 Å². The predicted molar refractivity (Wildman–Crippen MR) is 111 cm³/mol. The molecule has 2 aliphatic rings. The van der Waals surface area contributed by atoms with Crippen LogP contribution in [0, 0.1) is 0 Å². The number of pyridine rings is 1. The number of nitrogens with one attached hydrogen (secondary N) is 1. The normalized spacial score (nSPS) is 17.0. The highest BCUT2D eigenvalue weighted by atomic mass is 16.4. The second kappa shape index (κ2) is 8.73. The Morgan fingerprint density at radius 2 is 2.17 bits per heavy atom. The number of hydrogen-bond donors (Lipinski definition) is 2. The van der Waals surface area contributed by atoms with Gasteiger partial charge in [0.25, 0.3) is 0 Å². The Kier molecular flexibility index (Phi) is 5.87. The molecule has 4 rings (SSSR count). The lowest BCUT2D eigenvalue weighted by atomic mass is 10.1. The average Bonchev–Trinajstić information content (AvgIpc) is 3.32. The third-order valence-electron chi connectivity index (χ3n) is 5.76. The molecule has 1 atom stereocenters. The number of amides is 2. The van der Waals surface area contributed by atoms with Gasteiger partial charge in [-0.15, -0.1) is 0 Å². The van der Waals surface area contributed by atoms with E-state index in [1.54, 1.807) is 33.8 Å². The first-order valence-corrected chi connectivity index (χ1v) is 10.5. The minimum atomic E-state index is -0.941. The molecule has 0 aliphatic carbocycles. The van der Waals surface area contributed by atoms with Gasteiger partial charge in [0.1, 0.15) is 5.82 Å². The van der Waals surface area contributed by atoms with Crippen LogP contribution < -0.4 is 5.32 Å². The molecule has 0 spiro atoms. The van der Waals surface area contributed by atoms with E-state index in [0.29, 0.717) is 25.3 Å². The topological polar surface area (TPSA) is 104 Å². The number of nitrogens with zero attached hydrogens (tertiary/aromatic N) is 5. The Bertz CT molecular complexity index is 927. The minimum absolute atomic E-state index is 0.119. The molecule has 2 amide bonds. The molecule has 1 fully saturated rings. The van der Waals surface area contributed by atoms with Crippen molar-refractivity contribution in [3.8, 4) is 0 Å². The van der Waals surface area contributed by atoms with Gasteiger partial charge in [-0.2, -0.15) is 5.10 Å². The number of rotatable bonds is 8. The lowest BCUT2D eigenvalue weighted by Gasteiger charge is -2.25. The number of carbonyl (C=O) groups is 2. The maximum Gasteiger partial charge on any atom is 0.320 e. The van der Waals surface area contributed by atoms with E-state index in [1.807, 2.05) is 0 Å². The molecule has 2 N–H and O–H groups in total. The first-order valence-electron chi connectivity index (χ1n) is 10.5. The van der Waals surface area contributed by atoms with E-state index in [4.69, 9.17) is 4.98 Å². The van der Waals surface area contributed by atoms with Crippen molar-refractivity contribution in [2.75, 3.05) is 31.5 Å². The van der Waals surface area contributed by atoms with Gasteiger partial charge in [0.05, 0.1) is 18.2 Å². The summed E-state index contributed by atoms with van der Waals surface area (Å²) in [5.74, 6) is 0.0537. The van der Waals surface area contributed by atoms with Crippen LogP contribution in [0.25, 0.3) is 0 Å². The Labute approximate surface area is 175 Å². The van der Waals surface area contributed by atoms with E-state index in [9.17, 15) is 14.7 Å². The van der Waals surface area contributed by atoms with E-state index < -0.39 is 12.0 Å². The summed E-state index contributed by atoms with van der Waals surface area (Å²) in [6.45, 7) is 2.70. The summed E-state index contributed by atoms with van der Waals surface area (Å²) in [5, 5.41) is 17.0. The molecule has 2 aliphatic heterocycles. The zero-order chi connectivity index (χ0) is 21.1. The molecule has 2 aromatic heterocycles. The third kappa shape index (κ3) is 4.39. The summed E-state index contributed by atoms with van der Waals surface area (Å²) >= 11 is 0. The summed E-state index contributed by atoms with van der Waals surface area (Å²) in [7, 11) is 1.78. The zero-order valence-electron chi connectivity index (χ0n) is 17.3. The fourth-order valence-corrected chi connectivity index (χ4v) is 4.21. The fraction of sp³-hybridized carbons (Fsp3) is 0.524. The molecule has 160 valence electrons. The third-order valence-corrected chi connectivity index (χ3v) is 5.76. The fourth-order valence-electron chi connectivity index (χ4n) is 4.21. The highest BCUT2D eigenvalue weighted by Gasteiger charge is 2.36. The molecular formula is C21H28N6O3. The lowest BCUT2D eigenvalue weighted by Crippen LogP contribution is -2.36. The van der Waals surface area contributed by atoms with Crippen LogP contribution in [0.2, 0.25) is 0 Å². The molecule has 4 heterocycles. The van der Waals surface area contributed by atoms with Gasteiger partial charge in [-0.1, -0.05) is 6.07 Å². The highest BCUT2D eigenvalue weighted by Crippen LogP contribution is 2.27. The number of urea groups is 1. The van der Waals surface area contributed by atoms with E-state index in [2.05, 4.69) is 22.5 Å². The number of aromatic nitrogens is 3. The van der Waals surface area contributed by atoms with Crippen LogP contribution in [0.3, 0.4) is 0 Å². The SMILES string of the molecule is Cn1ccc([C@H](CC(=O)O)N2CCN(CCCc3ccc4c(n3)NCCC4)C2=O)n1. The molecule has 0 radical (unpaired) electrons. The number of aryl methyl sites for hydroxylation is 3. The summed E-state index contributed by atoms with van der Waals surface area (Å²) in [5.41, 5.74) is 2.92. The average molecular weight is 412 g/mol. The standard InChI is InChI=1S/C21H28N6O3/c1-25-11-8-17(24-25)18(14-19(28)29)27-13-12-26(21(27)30)10-3-5-16-7-6-15-4-2-9-22-20(15)23-16/h6-8,11,18H,2-5,9-10,12-14H2,1H3,(H,22,23)(H,28,29)/t18-/m0/s1. The van der Waals surface area contributed by atoms with Gasteiger partial charge >= 0.3 is 12.0 Å². The zero-order valence-corrected chi connectivity index (χ0v) is 17.3. The monoisotopic (exact) mass is 412 g/mol. The number of fused-ring (bicyclic) bond motifs is 1. The Balaban J connectivity index is 1.35. The summed E-state index contributed by atoms with van der Waals surface area (Å²) in [4.78, 5) is 32.5. The van der Waals surface area contributed by atoms with E-state index in [-0.39, 0.29) is 12.5 Å². The second-order valence-corrected chi connectivity index (χ2v) is 7.94. The second-order valence-electron chi connectivity index (χ2n) is 7.94. The molecule has 0 aromatic carbocycles. The van der Waals surface area contributed by atoms with Crippen LogP contribution in [0.15, 0.2) is 24.4 Å². The van der Waals surface area contributed by atoms with Gasteiger partial charge < -0.3 is 20.2 Å². The molecular weight excluding hydrogens is 384 g/mol. The molecule has 1 saturated heterocycles. The number of anilines is 1. The molecule has 30 heavy (non-hydrogen) atoms. The molecule has 0 unspecified atom stereocenters. The van der Waals surface area contributed by atoms with Crippen LogP contribution in [0.4, 0.5) is 10.6 Å². The predicted octanol–water partition coefficient (Wildman–Crippen LogP) is 2.06. The largest absolute Gasteiger partial charge is 0.481 e. The summed E-state index contributed by atoms with van der Waals surface area (Å²) in [6, 6.07) is 5.34. The van der Waals surface area contributed by atoms with E-state index >= 15 is 0 Å². The van der Waals surface area contributed by atoms with Gasteiger partial charge in [-0.25, -0.2) is 9.78 Å². The Hall–Kier alpha value is -3.10. The van der Waals surface area contributed by atoms with Crippen molar-refractivity contribution in [2.45, 2.75) is 38.1 Å². The minimum Gasteiger partial charge on any atom is -0.481 e. The van der Waals surface area contributed by atoms with Gasteiger partial charge in [-0.05, 0) is 43.4 Å². The number of aliphatic carboxylic acids is 1. The molecule has 0 bridgehead atoms. The van der Waals surface area contributed by atoms with Crippen LogP contribution in [-0.4, -0.2) is 67.9 Å². The van der Waals surface area contributed by atoms with Crippen LogP contribution >= 0.6 is 0 Å². The van der Waals surface area contributed by atoms with Crippen molar-refractivity contribution < 1.29 is 14.7 Å². The Morgan fingerprint density at radius 3 is 2.93 bits per heavy atom. The van der Waals surface area contributed by atoms with Crippen LogP contribution in [0.5, 0.6) is 0 Å². The van der Waals surface area contributed by atoms with Crippen molar-refractivity contribution in [3.05, 3.63) is 41.3 Å². The molecule has 9 heteroatoms. The van der Waals surface area contributed by atoms with E-state index in [1.165, 1.54) is 5.56 Å². The van der Waals surface area contributed by atoms with Gasteiger partial charge in [-0.3, -0.25) is 9.48 Å². The number of carboxylic acid groups (broad SMARTS) is 1. The molecule has 2 aromatic rings. The maximum absolute atomic E-state index is 12.9. The maximum atomic E-state index is 12.9. The number of carbonyl (C=O) groups excluding carboxylic acids is 1. The first kappa shape index (κ1) is 20.2. The number of hydrogen-bond acceptors (Lipinski definition) is 5. The van der Waals surface area contributed by atoms with Gasteiger partial charge in [0, 0.05) is 45.1 Å². The Morgan fingerprint density at radius 1 is 1.30 bits per heavy atom. The summed E-state index contributed by atoms with van der Waals surface area (Å²) < 4.78 is 1.63. The van der Waals surface area contributed by atoms with Gasteiger partial charge in [0.2, 0.25) is 0 Å². The quantitative estimate of drug-likeness (QED) is 0.688. The van der Waals surface area contributed by atoms with Crippen molar-refractivity contribution in [2.24, 2.45) is 7.05 Å². The van der Waals surface area contributed by atoms with Crippen molar-refractivity contribution in [1.29, 1.82) is 0 Å². The smallest absolute Gasteiger partial charge is 0.320 e. The highest BCUT2D eigenvalue weighted by molar-refractivity contribution is 5.78. The van der Waals surface area contributed by atoms with Crippen LogP contribution in [-0.2, 0) is 24.7 Å². The van der Waals surface area contributed by atoms with Crippen molar-refractivity contribution in [3.63, 3.8) is 0 Å². The summed E-state index contributed by atoms with van der Waals surface area (Å²) in [6.07, 6.45) is 5.45. The molecule has 9 nitrogen and oxygen atoms in total. The van der Waals surface area contributed by atoms with Crippen LogP contribution in [0.1, 0.15) is 42.3 Å². The van der Waals surface area contributed by atoms with Crippen molar-refractivity contribution >= 4 is 17.8 Å². The lowest BCUT2D eigenvalue weighted by molar-refractivity contribution is -0.138. The van der Waals surface area contributed by atoms with Gasteiger partial charge in [0.15, 0.2) is 0 Å². The van der Waals surface area contributed by atoms with Crippen molar-refractivity contribution in [1.82, 2.24) is 24.6 Å².